The molecule has 1 rings (SSSR count). The summed E-state index contributed by atoms with van der Waals surface area (Å²) in [7, 11) is 0. The average molecular weight is 513 g/mol. The summed E-state index contributed by atoms with van der Waals surface area (Å²) >= 11 is 0. The zero-order chi connectivity index (χ0) is 27.3. The Balaban J connectivity index is 2.38. The van der Waals surface area contributed by atoms with Crippen molar-refractivity contribution in [1.29, 1.82) is 0 Å². The van der Waals surface area contributed by atoms with Gasteiger partial charge in [0, 0.05) is 0 Å². The van der Waals surface area contributed by atoms with Gasteiger partial charge in [-0.3, -0.25) is 0 Å². The Labute approximate surface area is 213 Å². The monoisotopic (exact) mass is 512 g/mol. The Hall–Kier alpha value is -1.85. The third-order valence-electron chi connectivity index (χ3n) is 6.16. The molecule has 0 radical (unpaired) electrons. The number of carbonyl (C=O) groups is 1. The van der Waals surface area contributed by atoms with Crippen LogP contribution in [0.3, 0.4) is 0 Å². The van der Waals surface area contributed by atoms with Gasteiger partial charge in [-0.05, 0) is 43.9 Å². The summed E-state index contributed by atoms with van der Waals surface area (Å²) in [5.41, 5.74) is 0. The van der Waals surface area contributed by atoms with Crippen LogP contribution in [0.4, 0.5) is 0 Å². The number of ether oxygens (including phenoxy) is 1. The van der Waals surface area contributed by atoms with Gasteiger partial charge < -0.3 is 40.5 Å². The van der Waals surface area contributed by atoms with E-state index in [1.54, 1.807) is 13.0 Å². The van der Waals surface area contributed by atoms with Crippen LogP contribution in [0.2, 0.25) is 0 Å². The minimum Gasteiger partial charge on any atom is -0.455 e. The zero-order valence-electron chi connectivity index (χ0n) is 21.4. The van der Waals surface area contributed by atoms with Crippen molar-refractivity contribution < 1.29 is 45.3 Å². The SMILES string of the molecule is CC(C)CC/C=C/C=C\CC/C=C/C=C/C[C@@H](C)[C@@H](O)[C@@H](O)[C@H](O)[C@H](O)[C@@H](O)[C@@H]1OC(=O)[C@@H](O)[C@H]1O. The van der Waals surface area contributed by atoms with Crippen molar-refractivity contribution >= 4 is 5.97 Å². The molecule has 36 heavy (non-hydrogen) atoms. The van der Waals surface area contributed by atoms with Gasteiger partial charge in [0.25, 0.3) is 0 Å². The maximum atomic E-state index is 11.3. The summed E-state index contributed by atoms with van der Waals surface area (Å²) in [4.78, 5) is 11.3. The maximum Gasteiger partial charge on any atom is 0.338 e. The van der Waals surface area contributed by atoms with Crippen LogP contribution in [0.15, 0.2) is 48.6 Å². The van der Waals surface area contributed by atoms with E-state index >= 15 is 0 Å². The zero-order valence-corrected chi connectivity index (χ0v) is 21.4. The molecule has 9 nitrogen and oxygen atoms in total. The third-order valence-corrected chi connectivity index (χ3v) is 6.16. The predicted molar refractivity (Wildman–Crippen MR) is 136 cm³/mol. The first-order chi connectivity index (χ1) is 17.0. The summed E-state index contributed by atoms with van der Waals surface area (Å²) in [6.07, 6.45) is 5.71. The van der Waals surface area contributed by atoms with Gasteiger partial charge in [-0.25, -0.2) is 4.79 Å². The lowest BCUT2D eigenvalue weighted by Gasteiger charge is -2.33. The highest BCUT2D eigenvalue weighted by atomic mass is 16.6. The summed E-state index contributed by atoms with van der Waals surface area (Å²) in [6.45, 7) is 6.07. The molecule has 0 spiro atoms. The van der Waals surface area contributed by atoms with Crippen LogP contribution in [0.5, 0.6) is 0 Å². The minimum atomic E-state index is -2.05. The lowest BCUT2D eigenvalue weighted by atomic mass is 9.89. The number of unbranched alkanes of at least 4 members (excludes halogenated alkanes) is 1. The fourth-order valence-electron chi connectivity index (χ4n) is 3.66. The van der Waals surface area contributed by atoms with Crippen molar-refractivity contribution in [2.75, 3.05) is 0 Å². The number of allylic oxidation sites excluding steroid dienone is 8. The molecule has 1 fully saturated rings. The highest BCUT2D eigenvalue weighted by Gasteiger charge is 2.50. The normalized spacial score (nSPS) is 26.3. The number of aliphatic hydroxyl groups is 7. The standard InChI is InChI=1S/C27H44O9/c1-17(2)15-13-11-9-7-5-4-6-8-10-12-14-16-18(3)19(28)20(29)21(30)22(31)23(32)26-24(33)25(34)27(35)36-26/h5,7-12,14,17-26,28-34H,4,6,13,15-16H2,1-3H3/b7-5-,10-8+,11-9+,14-12+/t18-,19-,20-,21+,22+,23-,24-,25+,26+/m1/s1. The maximum absolute atomic E-state index is 11.3. The minimum absolute atomic E-state index is 0.375. The molecule has 0 aromatic rings. The van der Waals surface area contributed by atoms with Gasteiger partial charge in [0.2, 0.25) is 0 Å². The molecule has 0 bridgehead atoms. The molecular weight excluding hydrogens is 468 g/mol. The molecule has 1 aliphatic heterocycles. The van der Waals surface area contributed by atoms with E-state index in [4.69, 9.17) is 0 Å². The second kappa shape index (κ2) is 16.8. The Bertz CT molecular complexity index is 746. The van der Waals surface area contributed by atoms with Gasteiger partial charge in [0.15, 0.2) is 12.2 Å². The summed E-state index contributed by atoms with van der Waals surface area (Å²) in [5, 5.41) is 70.3. The number of hydrogen-bond acceptors (Lipinski definition) is 9. The first-order valence-corrected chi connectivity index (χ1v) is 12.6. The largest absolute Gasteiger partial charge is 0.455 e. The van der Waals surface area contributed by atoms with E-state index in [9.17, 15) is 40.5 Å². The van der Waals surface area contributed by atoms with Gasteiger partial charge in [-0.2, -0.15) is 0 Å². The van der Waals surface area contributed by atoms with Crippen LogP contribution in [-0.4, -0.2) is 90.5 Å². The Morgan fingerprint density at radius 3 is 1.75 bits per heavy atom. The molecule has 1 saturated heterocycles. The molecule has 0 aromatic heterocycles. The summed E-state index contributed by atoms with van der Waals surface area (Å²) in [5.74, 6) is -0.958. The quantitative estimate of drug-likeness (QED) is 0.0903. The van der Waals surface area contributed by atoms with Crippen molar-refractivity contribution in [2.45, 2.75) is 102 Å². The Kier molecular flexibility index (Phi) is 15.0. The van der Waals surface area contributed by atoms with Crippen LogP contribution in [-0.2, 0) is 9.53 Å². The molecule has 0 aromatic carbocycles. The second-order valence-electron chi connectivity index (χ2n) is 9.76. The number of cyclic esters (lactones) is 1. The molecule has 0 amide bonds. The van der Waals surface area contributed by atoms with Crippen LogP contribution < -0.4 is 0 Å². The van der Waals surface area contributed by atoms with Crippen LogP contribution >= 0.6 is 0 Å². The van der Waals surface area contributed by atoms with Crippen molar-refractivity contribution in [3.05, 3.63) is 48.6 Å². The smallest absolute Gasteiger partial charge is 0.338 e. The van der Waals surface area contributed by atoms with Gasteiger partial charge in [0.05, 0.1) is 6.10 Å². The fraction of sp³-hybridized carbons (Fsp3) is 0.667. The highest BCUT2D eigenvalue weighted by Crippen LogP contribution is 2.24. The van der Waals surface area contributed by atoms with Crippen LogP contribution in [0.25, 0.3) is 0 Å². The van der Waals surface area contributed by atoms with Crippen LogP contribution in [0, 0.1) is 11.8 Å². The predicted octanol–water partition coefficient (Wildman–Crippen LogP) is 0.905. The third kappa shape index (κ3) is 10.6. The molecule has 1 aliphatic rings. The van der Waals surface area contributed by atoms with Gasteiger partial charge in [-0.1, -0.05) is 69.4 Å². The Morgan fingerprint density at radius 1 is 0.750 bits per heavy atom. The summed E-state index contributed by atoms with van der Waals surface area (Å²) < 4.78 is 4.61. The van der Waals surface area contributed by atoms with Crippen molar-refractivity contribution in [3.8, 4) is 0 Å². The number of rotatable bonds is 16. The molecule has 1 heterocycles. The molecule has 0 saturated carbocycles. The Morgan fingerprint density at radius 2 is 1.25 bits per heavy atom. The summed E-state index contributed by atoms with van der Waals surface area (Å²) in [6, 6.07) is 0. The van der Waals surface area contributed by atoms with E-state index in [1.807, 2.05) is 18.2 Å². The second-order valence-corrected chi connectivity index (χ2v) is 9.76. The van der Waals surface area contributed by atoms with Gasteiger partial charge in [0.1, 0.15) is 30.5 Å². The van der Waals surface area contributed by atoms with E-state index in [0.29, 0.717) is 12.3 Å². The lowest BCUT2D eigenvalue weighted by Crippen LogP contribution is -2.55. The van der Waals surface area contributed by atoms with Crippen LogP contribution in [0.1, 0.15) is 52.9 Å². The lowest BCUT2D eigenvalue weighted by molar-refractivity contribution is -0.174. The molecule has 7 N–H and O–H groups in total. The molecular formula is C27H44O9. The van der Waals surface area contributed by atoms with E-state index < -0.39 is 60.7 Å². The van der Waals surface area contributed by atoms with Gasteiger partial charge >= 0.3 is 5.97 Å². The molecule has 206 valence electrons. The first kappa shape index (κ1) is 32.2. The first-order valence-electron chi connectivity index (χ1n) is 12.6. The highest BCUT2D eigenvalue weighted by molar-refractivity contribution is 5.77. The molecule has 0 unspecified atom stereocenters. The topological polar surface area (TPSA) is 168 Å². The fourth-order valence-corrected chi connectivity index (χ4v) is 3.66. The van der Waals surface area contributed by atoms with Crippen molar-refractivity contribution in [2.24, 2.45) is 11.8 Å². The van der Waals surface area contributed by atoms with Crippen molar-refractivity contribution in [3.63, 3.8) is 0 Å². The number of esters is 1. The molecule has 9 atom stereocenters. The van der Waals surface area contributed by atoms with Crippen molar-refractivity contribution in [1.82, 2.24) is 0 Å². The van der Waals surface area contributed by atoms with E-state index in [-0.39, 0.29) is 0 Å². The van der Waals surface area contributed by atoms with E-state index in [1.165, 1.54) is 6.42 Å². The number of aliphatic hydroxyl groups excluding tert-OH is 7. The number of carbonyl (C=O) groups excluding carboxylic acids is 1. The van der Waals surface area contributed by atoms with E-state index in [0.717, 1.165) is 19.3 Å². The van der Waals surface area contributed by atoms with E-state index in [2.05, 4.69) is 42.9 Å². The number of hydrogen-bond donors (Lipinski definition) is 7. The average Bonchev–Trinajstić information content (AvgIpc) is 3.11. The molecule has 9 heteroatoms. The van der Waals surface area contributed by atoms with Gasteiger partial charge in [-0.15, -0.1) is 0 Å². The molecule has 0 aliphatic carbocycles.